The van der Waals surface area contributed by atoms with Crippen molar-refractivity contribution >= 4 is 21.6 Å². The highest BCUT2D eigenvalue weighted by atomic mass is 35.5. The fraction of sp³-hybridized carbons (Fsp3) is 0.0588. The molecule has 6 heteroatoms. The second kappa shape index (κ2) is 5.83. The van der Waals surface area contributed by atoms with Crippen molar-refractivity contribution in [2.24, 2.45) is 0 Å². The lowest BCUT2D eigenvalue weighted by atomic mass is 10.1. The number of hydrogen-bond acceptors (Lipinski definition) is 2. The number of benzene rings is 2. The predicted molar refractivity (Wildman–Crippen MR) is 88.6 cm³/mol. The average molecular weight is 350 g/mol. The maximum Gasteiger partial charge on any atom is 0.268 e. The summed E-state index contributed by atoms with van der Waals surface area (Å²) in [5.74, 6) is -0.608. The highest BCUT2D eigenvalue weighted by Gasteiger charge is 2.23. The van der Waals surface area contributed by atoms with Gasteiger partial charge in [0.15, 0.2) is 0 Å². The topological polar surface area (TPSA) is 39.1 Å². The highest BCUT2D eigenvalue weighted by Crippen LogP contribution is 2.29. The Morgan fingerprint density at radius 1 is 0.957 bits per heavy atom. The van der Waals surface area contributed by atoms with Crippen molar-refractivity contribution in [3.05, 3.63) is 77.2 Å². The summed E-state index contributed by atoms with van der Waals surface area (Å²) in [6.45, 7) is 1.87. The molecular weight excluding hydrogens is 337 g/mol. The van der Waals surface area contributed by atoms with Gasteiger partial charge in [0.05, 0.1) is 10.6 Å². The first-order chi connectivity index (χ1) is 10.9. The maximum absolute atomic E-state index is 14.2. The van der Waals surface area contributed by atoms with Crippen LogP contribution < -0.4 is 0 Å². The summed E-state index contributed by atoms with van der Waals surface area (Å²) in [5, 5.41) is 0.494. The second-order valence-electron chi connectivity index (χ2n) is 5.13. The Bertz CT molecular complexity index is 945. The molecule has 0 N–H and O–H groups in total. The summed E-state index contributed by atoms with van der Waals surface area (Å²) in [5.41, 5.74) is 1.37. The van der Waals surface area contributed by atoms with E-state index < -0.39 is 15.8 Å². The Hall–Kier alpha value is -2.11. The van der Waals surface area contributed by atoms with Gasteiger partial charge in [-0.2, -0.15) is 0 Å². The Morgan fingerprint density at radius 2 is 1.57 bits per heavy atom. The van der Waals surface area contributed by atoms with Gasteiger partial charge >= 0.3 is 0 Å². The van der Waals surface area contributed by atoms with Gasteiger partial charge in [0.2, 0.25) is 0 Å². The summed E-state index contributed by atoms with van der Waals surface area (Å²) < 4.78 is 40.7. The smallest absolute Gasteiger partial charge is 0.238 e. The van der Waals surface area contributed by atoms with Crippen LogP contribution in [0.4, 0.5) is 4.39 Å². The third kappa shape index (κ3) is 2.90. The Balaban J connectivity index is 2.18. The van der Waals surface area contributed by atoms with Crippen molar-refractivity contribution in [3.8, 4) is 11.3 Å². The number of aromatic nitrogens is 1. The standard InChI is InChI=1S/C17H13ClFNO2S/c1-12-2-8-15(9-3-12)23(21,22)20-11-10-16(19)17(20)13-4-6-14(18)7-5-13/h2-11H,1H3. The van der Waals surface area contributed by atoms with Crippen LogP contribution in [0.5, 0.6) is 0 Å². The molecule has 3 rings (SSSR count). The minimum absolute atomic E-state index is 0.0118. The molecule has 0 radical (unpaired) electrons. The molecule has 0 aliphatic rings. The molecule has 118 valence electrons. The van der Waals surface area contributed by atoms with Crippen LogP contribution in [0.2, 0.25) is 5.02 Å². The molecule has 2 aromatic carbocycles. The lowest BCUT2D eigenvalue weighted by Gasteiger charge is -2.11. The van der Waals surface area contributed by atoms with Crippen LogP contribution in [-0.4, -0.2) is 12.4 Å². The number of nitrogens with zero attached hydrogens (tertiary/aromatic N) is 1. The molecule has 3 nitrogen and oxygen atoms in total. The minimum Gasteiger partial charge on any atom is -0.238 e. The lowest BCUT2D eigenvalue weighted by molar-refractivity contribution is 0.585. The maximum atomic E-state index is 14.2. The summed E-state index contributed by atoms with van der Waals surface area (Å²) in [4.78, 5) is 0.105. The Labute approximate surface area is 139 Å². The first-order valence-electron chi connectivity index (χ1n) is 6.84. The van der Waals surface area contributed by atoms with Crippen LogP contribution in [0.3, 0.4) is 0 Å². The minimum atomic E-state index is -3.88. The zero-order chi connectivity index (χ0) is 16.6. The third-order valence-electron chi connectivity index (χ3n) is 3.50. The van der Waals surface area contributed by atoms with Gasteiger partial charge in [0.25, 0.3) is 10.0 Å². The number of aryl methyl sites for hydroxylation is 1. The van der Waals surface area contributed by atoms with Crippen LogP contribution in [0.25, 0.3) is 11.3 Å². The van der Waals surface area contributed by atoms with Gasteiger partial charge in [-0.1, -0.05) is 41.4 Å². The normalized spacial score (nSPS) is 11.6. The van der Waals surface area contributed by atoms with E-state index in [-0.39, 0.29) is 10.6 Å². The van der Waals surface area contributed by atoms with Gasteiger partial charge in [-0.05, 0) is 37.3 Å². The van der Waals surface area contributed by atoms with Crippen LogP contribution >= 0.6 is 11.6 Å². The van der Waals surface area contributed by atoms with Crippen molar-refractivity contribution in [2.45, 2.75) is 11.8 Å². The molecule has 0 saturated carbocycles. The van der Waals surface area contributed by atoms with Gasteiger partial charge < -0.3 is 0 Å². The van der Waals surface area contributed by atoms with E-state index in [9.17, 15) is 12.8 Å². The molecule has 0 fully saturated rings. The number of hydrogen-bond donors (Lipinski definition) is 0. The quantitative estimate of drug-likeness (QED) is 0.698. The van der Waals surface area contributed by atoms with E-state index in [0.717, 1.165) is 15.6 Å². The fourth-order valence-corrected chi connectivity index (χ4v) is 3.78. The van der Waals surface area contributed by atoms with Gasteiger partial charge in [0, 0.05) is 16.8 Å². The molecule has 0 spiro atoms. The SMILES string of the molecule is Cc1ccc(S(=O)(=O)n2ccc(F)c2-c2ccc(Cl)cc2)cc1. The molecule has 0 aliphatic heterocycles. The van der Waals surface area contributed by atoms with Gasteiger partial charge in [-0.25, -0.2) is 16.8 Å². The van der Waals surface area contributed by atoms with E-state index in [1.807, 2.05) is 6.92 Å². The first kappa shape index (κ1) is 15.8. The van der Waals surface area contributed by atoms with Crippen LogP contribution in [0.15, 0.2) is 65.7 Å². The molecule has 0 amide bonds. The molecule has 1 heterocycles. The van der Waals surface area contributed by atoms with E-state index in [1.165, 1.54) is 18.3 Å². The molecule has 1 aromatic heterocycles. The molecule has 3 aromatic rings. The van der Waals surface area contributed by atoms with Gasteiger partial charge in [-0.3, -0.25) is 0 Å². The van der Waals surface area contributed by atoms with E-state index in [1.54, 1.807) is 36.4 Å². The van der Waals surface area contributed by atoms with Crippen LogP contribution in [0.1, 0.15) is 5.56 Å². The Morgan fingerprint density at radius 3 is 2.17 bits per heavy atom. The van der Waals surface area contributed by atoms with E-state index in [0.29, 0.717) is 10.6 Å². The molecule has 0 unspecified atom stereocenters. The second-order valence-corrected chi connectivity index (χ2v) is 7.38. The van der Waals surface area contributed by atoms with E-state index in [4.69, 9.17) is 11.6 Å². The van der Waals surface area contributed by atoms with Crippen LogP contribution in [-0.2, 0) is 10.0 Å². The molecule has 0 bridgehead atoms. The van der Waals surface area contributed by atoms with Crippen molar-refractivity contribution in [2.75, 3.05) is 0 Å². The lowest BCUT2D eigenvalue weighted by Crippen LogP contribution is -2.13. The van der Waals surface area contributed by atoms with Gasteiger partial charge in [-0.15, -0.1) is 0 Å². The van der Waals surface area contributed by atoms with Crippen molar-refractivity contribution in [1.82, 2.24) is 3.97 Å². The number of rotatable bonds is 3. The predicted octanol–water partition coefficient (Wildman–Crippen LogP) is 4.49. The molecule has 0 saturated heterocycles. The monoisotopic (exact) mass is 349 g/mol. The number of halogens is 2. The fourth-order valence-electron chi connectivity index (χ4n) is 2.29. The van der Waals surface area contributed by atoms with E-state index in [2.05, 4.69) is 0 Å². The van der Waals surface area contributed by atoms with E-state index >= 15 is 0 Å². The zero-order valence-electron chi connectivity index (χ0n) is 12.2. The average Bonchev–Trinajstić information content (AvgIpc) is 2.91. The highest BCUT2D eigenvalue weighted by molar-refractivity contribution is 7.90. The van der Waals surface area contributed by atoms with Crippen molar-refractivity contribution in [3.63, 3.8) is 0 Å². The largest absolute Gasteiger partial charge is 0.268 e. The van der Waals surface area contributed by atoms with Crippen LogP contribution in [0, 0.1) is 12.7 Å². The summed E-state index contributed by atoms with van der Waals surface area (Å²) in [6, 6.07) is 13.9. The molecule has 23 heavy (non-hydrogen) atoms. The zero-order valence-corrected chi connectivity index (χ0v) is 13.8. The van der Waals surface area contributed by atoms with Crippen molar-refractivity contribution < 1.29 is 12.8 Å². The van der Waals surface area contributed by atoms with Gasteiger partial charge in [0.1, 0.15) is 5.82 Å². The first-order valence-corrected chi connectivity index (χ1v) is 8.66. The molecular formula is C17H13ClFNO2S. The Kier molecular flexibility index (Phi) is 4.00. The summed E-state index contributed by atoms with van der Waals surface area (Å²) in [7, 11) is -3.88. The third-order valence-corrected chi connectivity index (χ3v) is 5.44. The molecule has 0 aliphatic carbocycles. The molecule has 0 atom stereocenters. The summed E-state index contributed by atoms with van der Waals surface area (Å²) >= 11 is 5.83. The summed E-state index contributed by atoms with van der Waals surface area (Å²) in [6.07, 6.45) is 1.22. The van der Waals surface area contributed by atoms with Crippen molar-refractivity contribution in [1.29, 1.82) is 0 Å².